The zero-order chi connectivity index (χ0) is 16.4. The topological polar surface area (TPSA) is 68.0 Å². The number of nitrogens with one attached hydrogen (secondary N) is 1. The van der Waals surface area contributed by atoms with Crippen molar-refractivity contribution in [2.75, 3.05) is 5.32 Å². The second-order valence-corrected chi connectivity index (χ2v) is 6.72. The van der Waals surface area contributed by atoms with Gasteiger partial charge in [-0.05, 0) is 35.7 Å². The summed E-state index contributed by atoms with van der Waals surface area (Å²) in [4.78, 5) is 21.7. The predicted octanol–water partition coefficient (Wildman–Crippen LogP) is 4.78. The number of thiophene rings is 1. The zero-order valence-corrected chi connectivity index (χ0v) is 13.9. The van der Waals surface area contributed by atoms with Gasteiger partial charge in [0.25, 0.3) is 5.91 Å². The lowest BCUT2D eigenvalue weighted by Crippen LogP contribution is -2.12. The summed E-state index contributed by atoms with van der Waals surface area (Å²) in [7, 11) is 0. The highest BCUT2D eigenvalue weighted by Gasteiger charge is 2.13. The van der Waals surface area contributed by atoms with Crippen LogP contribution in [0.2, 0.25) is 0 Å². The summed E-state index contributed by atoms with van der Waals surface area (Å²) in [5, 5.41) is 7.47. The summed E-state index contributed by atoms with van der Waals surface area (Å²) in [6.45, 7) is 0. The number of benzene rings is 1. The Kier molecular flexibility index (Phi) is 3.94. The van der Waals surface area contributed by atoms with Crippen LogP contribution in [-0.2, 0) is 0 Å². The lowest BCUT2D eigenvalue weighted by atomic mass is 10.1. The van der Waals surface area contributed by atoms with Gasteiger partial charge in [0.2, 0.25) is 0 Å². The van der Waals surface area contributed by atoms with Crippen LogP contribution in [0, 0.1) is 0 Å². The van der Waals surface area contributed by atoms with E-state index in [9.17, 15) is 4.79 Å². The van der Waals surface area contributed by atoms with Crippen molar-refractivity contribution in [2.45, 2.75) is 0 Å². The van der Waals surface area contributed by atoms with Gasteiger partial charge in [-0.1, -0.05) is 6.07 Å². The lowest BCUT2D eigenvalue weighted by Gasteiger charge is -2.04. The van der Waals surface area contributed by atoms with E-state index in [-0.39, 0.29) is 5.91 Å². The number of rotatable bonds is 4. The number of carbonyl (C=O) groups is 1. The summed E-state index contributed by atoms with van der Waals surface area (Å²) in [6.07, 6.45) is 3.04. The first-order chi connectivity index (χ1) is 11.8. The van der Waals surface area contributed by atoms with Crippen molar-refractivity contribution in [1.82, 2.24) is 9.97 Å². The maximum atomic E-state index is 12.3. The van der Waals surface area contributed by atoms with Crippen LogP contribution in [0.5, 0.6) is 0 Å². The van der Waals surface area contributed by atoms with E-state index < -0.39 is 0 Å². The molecule has 0 radical (unpaired) electrons. The molecule has 0 atom stereocenters. The minimum atomic E-state index is -0.221. The Bertz CT molecular complexity index is 942. The number of oxazole rings is 1. The third-order valence-electron chi connectivity index (χ3n) is 3.33. The number of hydrogen-bond acceptors (Lipinski definition) is 6. The second kappa shape index (κ2) is 6.38. The third-order valence-corrected chi connectivity index (χ3v) is 5.21. The van der Waals surface area contributed by atoms with Crippen molar-refractivity contribution >= 4 is 34.3 Å². The molecule has 0 aliphatic heterocycles. The maximum absolute atomic E-state index is 12.3. The molecule has 1 aromatic carbocycles. The van der Waals surface area contributed by atoms with Crippen molar-refractivity contribution < 1.29 is 9.21 Å². The highest BCUT2D eigenvalue weighted by Crippen LogP contribution is 2.28. The molecule has 118 valence electrons. The summed E-state index contributed by atoms with van der Waals surface area (Å²) in [6, 6.07) is 11.3. The second-order valence-electron chi connectivity index (χ2n) is 4.91. The maximum Gasteiger partial charge on any atom is 0.275 e. The molecule has 0 saturated heterocycles. The van der Waals surface area contributed by atoms with Crippen LogP contribution in [0.4, 0.5) is 5.69 Å². The quantitative estimate of drug-likeness (QED) is 0.573. The van der Waals surface area contributed by atoms with Crippen LogP contribution in [0.1, 0.15) is 10.5 Å². The lowest BCUT2D eigenvalue weighted by molar-refractivity contribution is 0.102. The molecular weight excluding hydrogens is 342 g/mol. The Balaban J connectivity index is 1.48. The molecule has 7 heteroatoms. The van der Waals surface area contributed by atoms with E-state index in [0.717, 1.165) is 15.4 Å². The summed E-state index contributed by atoms with van der Waals surface area (Å²) in [5.41, 5.74) is 2.02. The third kappa shape index (κ3) is 2.99. The SMILES string of the molecule is O=C(Nc1ccc(-c2cnco2)cc1)c1csc(-c2cccs2)n1. The molecule has 0 spiro atoms. The molecule has 1 N–H and O–H groups in total. The van der Waals surface area contributed by atoms with Crippen LogP contribution >= 0.6 is 22.7 Å². The zero-order valence-electron chi connectivity index (χ0n) is 12.3. The van der Waals surface area contributed by atoms with Gasteiger partial charge in [0.15, 0.2) is 12.2 Å². The van der Waals surface area contributed by atoms with Gasteiger partial charge >= 0.3 is 0 Å². The van der Waals surface area contributed by atoms with Gasteiger partial charge in [-0.2, -0.15) is 0 Å². The van der Waals surface area contributed by atoms with Gasteiger partial charge in [-0.25, -0.2) is 9.97 Å². The van der Waals surface area contributed by atoms with E-state index in [1.165, 1.54) is 17.7 Å². The largest absolute Gasteiger partial charge is 0.444 e. The predicted molar refractivity (Wildman–Crippen MR) is 95.3 cm³/mol. The minimum absolute atomic E-state index is 0.221. The highest BCUT2D eigenvalue weighted by atomic mass is 32.1. The molecule has 0 unspecified atom stereocenters. The van der Waals surface area contributed by atoms with Crippen LogP contribution < -0.4 is 5.32 Å². The summed E-state index contributed by atoms with van der Waals surface area (Å²) >= 11 is 3.07. The van der Waals surface area contributed by atoms with Crippen LogP contribution in [0.25, 0.3) is 21.2 Å². The number of hydrogen-bond donors (Lipinski definition) is 1. The molecule has 5 nitrogen and oxygen atoms in total. The number of anilines is 1. The van der Waals surface area contributed by atoms with Crippen LogP contribution in [-0.4, -0.2) is 15.9 Å². The number of aromatic nitrogens is 2. The molecule has 3 aromatic heterocycles. The summed E-state index contributed by atoms with van der Waals surface area (Å²) < 4.78 is 5.24. The molecule has 3 heterocycles. The molecule has 0 aliphatic rings. The van der Waals surface area contributed by atoms with Gasteiger partial charge in [-0.3, -0.25) is 4.79 Å². The van der Waals surface area contributed by atoms with Gasteiger partial charge in [0, 0.05) is 16.6 Å². The molecule has 0 aliphatic carbocycles. The molecular formula is C17H11N3O2S2. The first-order valence-electron chi connectivity index (χ1n) is 7.09. The number of amides is 1. The highest BCUT2D eigenvalue weighted by molar-refractivity contribution is 7.20. The van der Waals surface area contributed by atoms with E-state index in [1.54, 1.807) is 22.9 Å². The van der Waals surface area contributed by atoms with E-state index in [1.807, 2.05) is 41.8 Å². The number of thiazole rings is 1. The molecule has 0 fully saturated rings. The first kappa shape index (κ1) is 14.8. The Hall–Kier alpha value is -2.77. The van der Waals surface area contributed by atoms with Crippen LogP contribution in [0.15, 0.2) is 64.2 Å². The normalized spacial score (nSPS) is 10.7. The van der Waals surface area contributed by atoms with Crippen molar-refractivity contribution in [2.24, 2.45) is 0 Å². The molecule has 24 heavy (non-hydrogen) atoms. The molecule has 4 aromatic rings. The molecule has 4 rings (SSSR count). The standard InChI is InChI=1S/C17H11N3O2S2/c21-16(13-9-24-17(20-13)15-2-1-7-23-15)19-12-5-3-11(4-6-12)14-8-18-10-22-14/h1-10H,(H,19,21). The number of nitrogens with zero attached hydrogens (tertiary/aromatic N) is 2. The fourth-order valence-electron chi connectivity index (χ4n) is 2.16. The minimum Gasteiger partial charge on any atom is -0.444 e. The number of carbonyl (C=O) groups excluding carboxylic acids is 1. The van der Waals surface area contributed by atoms with Gasteiger partial charge in [0.1, 0.15) is 10.7 Å². The van der Waals surface area contributed by atoms with E-state index in [0.29, 0.717) is 17.1 Å². The first-order valence-corrected chi connectivity index (χ1v) is 8.85. The fourth-order valence-corrected chi connectivity index (χ4v) is 3.78. The molecule has 1 amide bonds. The Morgan fingerprint density at radius 2 is 2.00 bits per heavy atom. The molecule has 0 saturated carbocycles. The van der Waals surface area contributed by atoms with E-state index >= 15 is 0 Å². The summed E-state index contributed by atoms with van der Waals surface area (Å²) in [5.74, 6) is 0.467. The van der Waals surface area contributed by atoms with Crippen LogP contribution in [0.3, 0.4) is 0 Å². The Labute approximate surface area is 145 Å². The van der Waals surface area contributed by atoms with E-state index in [4.69, 9.17) is 4.42 Å². The van der Waals surface area contributed by atoms with E-state index in [2.05, 4.69) is 15.3 Å². The van der Waals surface area contributed by atoms with Crippen molar-refractivity contribution in [3.8, 4) is 21.2 Å². The monoisotopic (exact) mass is 353 g/mol. The average Bonchev–Trinajstić information content (AvgIpc) is 3.35. The van der Waals surface area contributed by atoms with Gasteiger partial charge in [-0.15, -0.1) is 22.7 Å². The van der Waals surface area contributed by atoms with Crippen molar-refractivity contribution in [3.05, 3.63) is 65.4 Å². The van der Waals surface area contributed by atoms with Gasteiger partial charge < -0.3 is 9.73 Å². The smallest absolute Gasteiger partial charge is 0.275 e. The van der Waals surface area contributed by atoms with Gasteiger partial charge in [0.05, 0.1) is 11.1 Å². The van der Waals surface area contributed by atoms with Crippen molar-refractivity contribution in [3.63, 3.8) is 0 Å². The Morgan fingerprint density at radius 3 is 2.71 bits per heavy atom. The Morgan fingerprint density at radius 1 is 1.12 bits per heavy atom. The van der Waals surface area contributed by atoms with Crippen molar-refractivity contribution in [1.29, 1.82) is 0 Å². The average molecular weight is 353 g/mol. The fraction of sp³-hybridized carbons (Fsp3) is 0. The molecule has 0 bridgehead atoms.